The summed E-state index contributed by atoms with van der Waals surface area (Å²) in [4.78, 5) is 2.39. The minimum Gasteiger partial charge on any atom is -0.508 e. The monoisotopic (exact) mass is 371 g/mol. The van der Waals surface area contributed by atoms with Gasteiger partial charge >= 0.3 is 0 Å². The van der Waals surface area contributed by atoms with E-state index in [4.69, 9.17) is 14.2 Å². The molecule has 5 nitrogen and oxygen atoms in total. The molecule has 0 spiro atoms. The molecule has 0 aliphatic carbocycles. The highest BCUT2D eigenvalue weighted by molar-refractivity contribution is 5.88. The van der Waals surface area contributed by atoms with Crippen LogP contribution in [0.1, 0.15) is 31.2 Å². The van der Waals surface area contributed by atoms with Crippen LogP contribution in [0.25, 0.3) is 10.8 Å². The van der Waals surface area contributed by atoms with Gasteiger partial charge in [0, 0.05) is 38.4 Å². The van der Waals surface area contributed by atoms with Crippen LogP contribution in [0.15, 0.2) is 30.3 Å². The smallest absolute Gasteiger partial charge is 0.120 e. The Kier molecular flexibility index (Phi) is 5.81. The number of hydrogen-bond donors (Lipinski definition) is 1. The highest BCUT2D eigenvalue weighted by atomic mass is 16.5. The van der Waals surface area contributed by atoms with Crippen LogP contribution in [-0.4, -0.2) is 55.6 Å². The minimum atomic E-state index is 0.276. The van der Waals surface area contributed by atoms with Crippen molar-refractivity contribution in [2.45, 2.75) is 44.4 Å². The Hall–Kier alpha value is -1.82. The van der Waals surface area contributed by atoms with Crippen molar-refractivity contribution in [3.63, 3.8) is 0 Å². The van der Waals surface area contributed by atoms with E-state index in [-0.39, 0.29) is 12.2 Å². The topological polar surface area (TPSA) is 51.2 Å². The van der Waals surface area contributed by atoms with Crippen molar-refractivity contribution in [3.8, 4) is 11.5 Å². The van der Waals surface area contributed by atoms with E-state index in [0.29, 0.717) is 12.3 Å². The van der Waals surface area contributed by atoms with Crippen LogP contribution in [0.5, 0.6) is 11.5 Å². The van der Waals surface area contributed by atoms with E-state index in [1.54, 1.807) is 13.2 Å². The molecule has 0 bridgehead atoms. The molecule has 2 saturated heterocycles. The van der Waals surface area contributed by atoms with Crippen LogP contribution in [0.4, 0.5) is 0 Å². The first-order valence-corrected chi connectivity index (χ1v) is 9.97. The highest BCUT2D eigenvalue weighted by Gasteiger charge is 2.25. The maximum atomic E-state index is 10.6. The lowest BCUT2D eigenvalue weighted by atomic mass is 10.0. The lowest BCUT2D eigenvalue weighted by Gasteiger charge is -2.28. The Balaban J connectivity index is 1.61. The molecule has 2 aliphatic heterocycles. The van der Waals surface area contributed by atoms with Crippen molar-refractivity contribution in [1.29, 1.82) is 0 Å². The summed E-state index contributed by atoms with van der Waals surface area (Å²) in [6, 6.07) is 9.76. The SMILES string of the molecule is COc1ccc2ccc(O)c(CN(C[C@H]3CCCO3)C[C@@H]3CCCO3)c2c1. The second-order valence-corrected chi connectivity index (χ2v) is 7.61. The third-order valence-corrected chi connectivity index (χ3v) is 5.67. The molecule has 27 heavy (non-hydrogen) atoms. The number of methoxy groups -OCH3 is 1. The van der Waals surface area contributed by atoms with Gasteiger partial charge < -0.3 is 19.3 Å². The zero-order chi connectivity index (χ0) is 18.6. The van der Waals surface area contributed by atoms with Crippen LogP contribution in [0.3, 0.4) is 0 Å². The first-order chi connectivity index (χ1) is 13.2. The van der Waals surface area contributed by atoms with Crippen LogP contribution in [0.2, 0.25) is 0 Å². The number of hydrogen-bond acceptors (Lipinski definition) is 5. The van der Waals surface area contributed by atoms with Crippen LogP contribution >= 0.6 is 0 Å². The summed E-state index contributed by atoms with van der Waals surface area (Å²) < 4.78 is 17.2. The predicted molar refractivity (Wildman–Crippen MR) is 105 cm³/mol. The Bertz CT molecular complexity index is 748. The van der Waals surface area contributed by atoms with Gasteiger partial charge in [0.1, 0.15) is 11.5 Å². The quantitative estimate of drug-likeness (QED) is 0.804. The van der Waals surface area contributed by atoms with Crippen molar-refractivity contribution in [3.05, 3.63) is 35.9 Å². The Morgan fingerprint density at radius 3 is 2.30 bits per heavy atom. The van der Waals surface area contributed by atoms with Crippen molar-refractivity contribution in [2.24, 2.45) is 0 Å². The normalized spacial score (nSPS) is 22.7. The van der Waals surface area contributed by atoms with Gasteiger partial charge in [0.05, 0.1) is 19.3 Å². The lowest BCUT2D eigenvalue weighted by Crippen LogP contribution is -2.37. The maximum Gasteiger partial charge on any atom is 0.120 e. The summed E-state index contributed by atoms with van der Waals surface area (Å²) in [5, 5.41) is 12.8. The molecule has 0 aromatic heterocycles. The molecule has 2 aromatic rings. The molecular weight excluding hydrogens is 342 g/mol. The number of phenols is 1. The molecule has 2 fully saturated rings. The summed E-state index contributed by atoms with van der Waals surface area (Å²) in [5.74, 6) is 1.14. The van der Waals surface area contributed by atoms with Gasteiger partial charge in [-0.05, 0) is 54.7 Å². The summed E-state index contributed by atoms with van der Waals surface area (Å²) in [5.41, 5.74) is 0.947. The predicted octanol–water partition coefficient (Wildman–Crippen LogP) is 3.71. The molecule has 2 atom stereocenters. The number of benzene rings is 2. The molecule has 2 aliphatic rings. The largest absolute Gasteiger partial charge is 0.508 e. The van der Waals surface area contributed by atoms with Gasteiger partial charge in [0.2, 0.25) is 0 Å². The maximum absolute atomic E-state index is 10.6. The van der Waals surface area contributed by atoms with Crippen LogP contribution in [-0.2, 0) is 16.0 Å². The third-order valence-electron chi connectivity index (χ3n) is 5.67. The van der Waals surface area contributed by atoms with Gasteiger partial charge in [-0.3, -0.25) is 4.90 Å². The standard InChI is InChI=1S/C22H29NO4/c1-25-17-8-6-16-7-9-22(24)21(20(16)12-17)15-23(13-18-4-2-10-26-18)14-19-5-3-11-27-19/h6-9,12,18-19,24H,2-5,10-11,13-15H2,1H3/t18-,19+. The van der Waals surface area contributed by atoms with Crippen molar-refractivity contribution >= 4 is 10.8 Å². The molecule has 1 N–H and O–H groups in total. The van der Waals surface area contributed by atoms with Gasteiger partial charge in [-0.1, -0.05) is 12.1 Å². The molecule has 2 aromatic carbocycles. The van der Waals surface area contributed by atoms with E-state index >= 15 is 0 Å². The molecule has 0 saturated carbocycles. The fraction of sp³-hybridized carbons (Fsp3) is 0.545. The summed E-state index contributed by atoms with van der Waals surface area (Å²) in [6.07, 6.45) is 5.04. The average molecular weight is 371 g/mol. The van der Waals surface area contributed by atoms with Crippen molar-refractivity contribution in [2.75, 3.05) is 33.4 Å². The zero-order valence-corrected chi connectivity index (χ0v) is 16.0. The fourth-order valence-electron chi connectivity index (χ4n) is 4.22. The molecule has 0 radical (unpaired) electrons. The molecule has 146 valence electrons. The minimum absolute atomic E-state index is 0.276. The zero-order valence-electron chi connectivity index (χ0n) is 16.0. The number of aromatic hydroxyl groups is 1. The third kappa shape index (κ3) is 4.37. The number of fused-ring (bicyclic) bond motifs is 1. The molecule has 5 heteroatoms. The second-order valence-electron chi connectivity index (χ2n) is 7.61. The summed E-state index contributed by atoms with van der Waals surface area (Å²) >= 11 is 0. The van der Waals surface area contributed by atoms with Crippen molar-refractivity contribution < 1.29 is 19.3 Å². The van der Waals surface area contributed by atoms with Gasteiger partial charge in [-0.2, -0.15) is 0 Å². The molecular formula is C22H29NO4. The van der Waals surface area contributed by atoms with E-state index in [9.17, 15) is 5.11 Å². The number of nitrogens with zero attached hydrogens (tertiary/aromatic N) is 1. The van der Waals surface area contributed by atoms with E-state index in [2.05, 4.69) is 4.90 Å². The number of ether oxygens (including phenoxy) is 3. The Morgan fingerprint density at radius 1 is 1.04 bits per heavy atom. The van der Waals surface area contributed by atoms with Crippen LogP contribution < -0.4 is 4.74 Å². The first-order valence-electron chi connectivity index (χ1n) is 9.97. The van der Waals surface area contributed by atoms with E-state index in [1.165, 1.54) is 0 Å². The van der Waals surface area contributed by atoms with Crippen molar-refractivity contribution in [1.82, 2.24) is 4.90 Å². The van der Waals surface area contributed by atoms with E-state index in [1.807, 2.05) is 24.3 Å². The van der Waals surface area contributed by atoms with Gasteiger partial charge in [-0.15, -0.1) is 0 Å². The Labute approximate surface area is 160 Å². The number of rotatable bonds is 7. The first kappa shape index (κ1) is 18.5. The van der Waals surface area contributed by atoms with Gasteiger partial charge in [0.25, 0.3) is 0 Å². The molecule has 2 heterocycles. The lowest BCUT2D eigenvalue weighted by molar-refractivity contribution is 0.0344. The highest BCUT2D eigenvalue weighted by Crippen LogP contribution is 2.32. The molecule has 0 amide bonds. The van der Waals surface area contributed by atoms with E-state index in [0.717, 1.165) is 74.1 Å². The van der Waals surface area contributed by atoms with E-state index < -0.39 is 0 Å². The van der Waals surface area contributed by atoms with Gasteiger partial charge in [0.15, 0.2) is 0 Å². The second kappa shape index (κ2) is 8.46. The summed E-state index contributed by atoms with van der Waals surface area (Å²) in [6.45, 7) is 4.14. The average Bonchev–Trinajstić information content (AvgIpc) is 3.38. The van der Waals surface area contributed by atoms with Crippen LogP contribution in [0, 0.1) is 0 Å². The summed E-state index contributed by atoms with van der Waals surface area (Å²) in [7, 11) is 1.67. The molecule has 4 rings (SSSR count). The Morgan fingerprint density at radius 2 is 1.70 bits per heavy atom. The van der Waals surface area contributed by atoms with Gasteiger partial charge in [-0.25, -0.2) is 0 Å². The fourth-order valence-corrected chi connectivity index (χ4v) is 4.22. The number of phenolic OH excluding ortho intramolecular Hbond substituents is 1. The molecule has 0 unspecified atom stereocenters.